The zero-order valence-corrected chi connectivity index (χ0v) is 19.5. The molecule has 6 nitrogen and oxygen atoms in total. The van der Waals surface area contributed by atoms with E-state index in [4.69, 9.17) is 12.2 Å². The molecule has 1 aromatic heterocycles. The summed E-state index contributed by atoms with van der Waals surface area (Å²) in [4.78, 5) is 30.4. The highest BCUT2D eigenvalue weighted by Gasteiger charge is 2.32. The van der Waals surface area contributed by atoms with Gasteiger partial charge in [-0.2, -0.15) is 5.26 Å². The number of hydrogen-bond donors (Lipinski definition) is 0. The van der Waals surface area contributed by atoms with Crippen molar-refractivity contribution in [3.8, 4) is 6.07 Å². The fourth-order valence-electron chi connectivity index (χ4n) is 4.11. The molecule has 160 valence electrons. The predicted molar refractivity (Wildman–Crippen MR) is 127 cm³/mol. The van der Waals surface area contributed by atoms with Crippen LogP contribution in [0.1, 0.15) is 62.6 Å². The maximum absolute atomic E-state index is 13.0. The minimum atomic E-state index is -0.257. The zero-order valence-electron chi connectivity index (χ0n) is 17.9. The molecule has 0 N–H and O–H groups in total. The van der Waals surface area contributed by atoms with Crippen LogP contribution in [-0.4, -0.2) is 39.3 Å². The van der Waals surface area contributed by atoms with E-state index in [1.54, 1.807) is 16.4 Å². The molecule has 2 saturated heterocycles. The number of carbonyl (C=O) groups is 1. The highest BCUT2D eigenvalue weighted by molar-refractivity contribution is 8.26. The van der Waals surface area contributed by atoms with Crippen molar-refractivity contribution in [1.29, 1.82) is 5.26 Å². The van der Waals surface area contributed by atoms with Gasteiger partial charge in [0.2, 0.25) is 0 Å². The van der Waals surface area contributed by atoms with Crippen molar-refractivity contribution in [3.63, 3.8) is 0 Å². The summed E-state index contributed by atoms with van der Waals surface area (Å²) in [7, 11) is 0. The van der Waals surface area contributed by atoms with Gasteiger partial charge in [0.25, 0.3) is 11.5 Å². The molecular formula is C22H28N4O2S2. The topological polar surface area (TPSA) is 69.3 Å². The molecule has 0 saturated carbocycles. The van der Waals surface area contributed by atoms with Gasteiger partial charge >= 0.3 is 0 Å². The largest absolute Gasteiger partial charge is 0.357 e. The summed E-state index contributed by atoms with van der Waals surface area (Å²) in [6.07, 6.45) is 7.15. The van der Waals surface area contributed by atoms with Crippen LogP contribution in [0.25, 0.3) is 6.08 Å². The number of hydrogen-bond acceptors (Lipinski definition) is 6. The minimum absolute atomic E-state index is 0.0965. The number of anilines is 1. The quantitative estimate of drug-likeness (QED) is 0.504. The van der Waals surface area contributed by atoms with Crippen LogP contribution in [0, 0.1) is 18.3 Å². The van der Waals surface area contributed by atoms with E-state index in [-0.39, 0.29) is 17.0 Å². The number of nitriles is 1. The summed E-state index contributed by atoms with van der Waals surface area (Å²) in [5.74, 6) is 0.725. The molecule has 1 amide bonds. The number of rotatable bonds is 5. The fourth-order valence-corrected chi connectivity index (χ4v) is 5.40. The minimum Gasteiger partial charge on any atom is -0.357 e. The van der Waals surface area contributed by atoms with Crippen LogP contribution < -0.4 is 10.5 Å². The Hall–Kier alpha value is -2.11. The van der Waals surface area contributed by atoms with Crippen molar-refractivity contribution >= 4 is 46.1 Å². The number of nitrogens with zero attached hydrogens (tertiary/aromatic N) is 4. The second kappa shape index (κ2) is 9.80. The highest BCUT2D eigenvalue weighted by atomic mass is 32.2. The Balaban J connectivity index is 2.22. The molecule has 0 atom stereocenters. The van der Waals surface area contributed by atoms with Gasteiger partial charge in [0.15, 0.2) is 0 Å². The van der Waals surface area contributed by atoms with Crippen molar-refractivity contribution in [1.82, 2.24) is 9.47 Å². The number of thioether (sulfide) groups is 1. The van der Waals surface area contributed by atoms with Crippen LogP contribution in [0.4, 0.5) is 5.82 Å². The smallest absolute Gasteiger partial charge is 0.270 e. The SMILES string of the molecule is CCCN1C(=O)/C(=C\c2c(C)c(C#N)c(=O)n(CC)c2N2CCCCCC2)SC1=S. The summed E-state index contributed by atoms with van der Waals surface area (Å²) >= 11 is 6.71. The Bertz CT molecular complexity index is 982. The average molecular weight is 445 g/mol. The lowest BCUT2D eigenvalue weighted by atomic mass is 10.0. The predicted octanol–water partition coefficient (Wildman–Crippen LogP) is 4.04. The Kier molecular flexibility index (Phi) is 7.37. The van der Waals surface area contributed by atoms with E-state index >= 15 is 0 Å². The van der Waals surface area contributed by atoms with E-state index in [2.05, 4.69) is 11.0 Å². The second-order valence-electron chi connectivity index (χ2n) is 7.63. The molecule has 2 aliphatic rings. The molecule has 1 aromatic rings. The van der Waals surface area contributed by atoms with Crippen molar-refractivity contribution in [2.75, 3.05) is 24.5 Å². The summed E-state index contributed by atoms with van der Waals surface area (Å²) in [6, 6.07) is 2.09. The summed E-state index contributed by atoms with van der Waals surface area (Å²) in [5, 5.41) is 9.66. The maximum Gasteiger partial charge on any atom is 0.270 e. The van der Waals surface area contributed by atoms with Crippen molar-refractivity contribution < 1.29 is 4.79 Å². The second-order valence-corrected chi connectivity index (χ2v) is 9.31. The first-order valence-corrected chi connectivity index (χ1v) is 11.8. The normalized spacial score (nSPS) is 18.8. The number of carbonyl (C=O) groups excluding carboxylic acids is 1. The summed E-state index contributed by atoms with van der Waals surface area (Å²) in [5.41, 5.74) is 1.30. The Morgan fingerprint density at radius 3 is 2.40 bits per heavy atom. The monoisotopic (exact) mass is 444 g/mol. The summed E-state index contributed by atoms with van der Waals surface area (Å²) < 4.78 is 2.25. The first-order chi connectivity index (χ1) is 14.4. The van der Waals surface area contributed by atoms with E-state index < -0.39 is 0 Å². The standard InChI is InChI=1S/C22H28N4O2S2/c1-4-10-26-21(28)18(30-22(26)29)13-16-15(3)17(14-23)20(27)25(5-2)19(16)24-11-8-6-7-9-12-24/h13H,4-12H2,1-3H3/b18-13+. The van der Waals surface area contributed by atoms with Crippen LogP contribution >= 0.6 is 24.0 Å². The van der Waals surface area contributed by atoms with E-state index in [1.165, 1.54) is 24.6 Å². The third kappa shape index (κ3) is 4.19. The number of pyridine rings is 1. The van der Waals surface area contributed by atoms with Gasteiger partial charge in [0, 0.05) is 31.7 Å². The molecule has 0 radical (unpaired) electrons. The lowest BCUT2D eigenvalue weighted by Crippen LogP contribution is -2.35. The zero-order chi connectivity index (χ0) is 21.8. The number of aromatic nitrogens is 1. The Morgan fingerprint density at radius 1 is 1.17 bits per heavy atom. The van der Waals surface area contributed by atoms with Crippen molar-refractivity contribution in [2.24, 2.45) is 0 Å². The van der Waals surface area contributed by atoms with E-state index in [0.717, 1.165) is 43.7 Å². The summed E-state index contributed by atoms with van der Waals surface area (Å²) in [6.45, 7) is 8.53. The fraction of sp³-hybridized carbons (Fsp3) is 0.545. The average Bonchev–Trinajstić information content (AvgIpc) is 2.92. The van der Waals surface area contributed by atoms with Gasteiger partial charge < -0.3 is 4.90 Å². The van der Waals surface area contributed by atoms with Crippen molar-refractivity contribution in [3.05, 3.63) is 31.9 Å². The first kappa shape index (κ1) is 22.6. The van der Waals surface area contributed by atoms with Gasteiger partial charge in [0.1, 0.15) is 21.8 Å². The molecular weight excluding hydrogens is 416 g/mol. The molecule has 0 spiro atoms. The molecule has 0 bridgehead atoms. The molecule has 0 unspecified atom stereocenters. The molecule has 2 aliphatic heterocycles. The number of amides is 1. The van der Waals surface area contributed by atoms with Crippen molar-refractivity contribution in [2.45, 2.75) is 59.4 Å². The van der Waals surface area contributed by atoms with Gasteiger partial charge in [-0.3, -0.25) is 19.1 Å². The van der Waals surface area contributed by atoms with Gasteiger partial charge in [0.05, 0.1) is 4.91 Å². The van der Waals surface area contributed by atoms with Gasteiger partial charge in [-0.1, -0.05) is 43.7 Å². The third-order valence-electron chi connectivity index (χ3n) is 5.66. The van der Waals surface area contributed by atoms with E-state index in [1.807, 2.05) is 19.9 Å². The lowest BCUT2D eigenvalue weighted by molar-refractivity contribution is -0.122. The Labute approximate surface area is 187 Å². The molecule has 3 heterocycles. The number of thiocarbonyl (C=S) groups is 1. The molecule has 3 rings (SSSR count). The molecule has 8 heteroatoms. The highest BCUT2D eigenvalue weighted by Crippen LogP contribution is 2.36. The van der Waals surface area contributed by atoms with Crippen LogP contribution in [0.15, 0.2) is 9.70 Å². The van der Waals surface area contributed by atoms with E-state index in [0.29, 0.717) is 27.9 Å². The first-order valence-electron chi connectivity index (χ1n) is 10.6. The van der Waals surface area contributed by atoms with Gasteiger partial charge in [-0.25, -0.2) is 0 Å². The van der Waals surface area contributed by atoms with Crippen LogP contribution in [0.2, 0.25) is 0 Å². The lowest BCUT2D eigenvalue weighted by Gasteiger charge is -2.29. The Morgan fingerprint density at radius 2 is 1.83 bits per heavy atom. The molecule has 0 aliphatic carbocycles. The van der Waals surface area contributed by atoms with Crippen LogP contribution in [0.5, 0.6) is 0 Å². The third-order valence-corrected chi connectivity index (χ3v) is 7.04. The van der Waals surface area contributed by atoms with Crippen LogP contribution in [-0.2, 0) is 11.3 Å². The van der Waals surface area contributed by atoms with Gasteiger partial charge in [-0.15, -0.1) is 0 Å². The molecule has 2 fully saturated rings. The maximum atomic E-state index is 13.0. The van der Waals surface area contributed by atoms with Gasteiger partial charge in [-0.05, 0) is 44.7 Å². The molecule has 0 aromatic carbocycles. The van der Waals surface area contributed by atoms with E-state index in [9.17, 15) is 14.9 Å². The van der Waals surface area contributed by atoms with Crippen LogP contribution in [0.3, 0.4) is 0 Å². The molecule has 30 heavy (non-hydrogen) atoms.